The number of hydrogen-bond donors (Lipinski definition) is 0. The summed E-state index contributed by atoms with van der Waals surface area (Å²) in [6.07, 6.45) is 0.136. The lowest BCUT2D eigenvalue weighted by Crippen LogP contribution is -2.44. The fourth-order valence-corrected chi connectivity index (χ4v) is 2.15. The normalized spacial score (nSPS) is 19.8. The lowest BCUT2D eigenvalue weighted by atomic mass is 10.3. The van der Waals surface area contributed by atoms with E-state index in [1.807, 2.05) is 26.8 Å². The molecule has 19 heavy (non-hydrogen) atoms. The van der Waals surface area contributed by atoms with Crippen LogP contribution in [0.25, 0.3) is 0 Å². The van der Waals surface area contributed by atoms with Crippen LogP contribution in [0.1, 0.15) is 19.5 Å². The number of rotatable bonds is 4. The predicted molar refractivity (Wildman–Crippen MR) is 75.2 cm³/mol. The first-order valence-corrected chi connectivity index (χ1v) is 7.07. The molecule has 5 nitrogen and oxygen atoms in total. The van der Waals surface area contributed by atoms with E-state index in [4.69, 9.17) is 21.1 Å². The number of ether oxygens (including phenoxy) is 2. The molecular weight excluding hydrogens is 266 g/mol. The highest BCUT2D eigenvalue weighted by Crippen LogP contribution is 2.19. The van der Waals surface area contributed by atoms with Crippen LogP contribution in [-0.4, -0.2) is 47.8 Å². The van der Waals surface area contributed by atoms with Gasteiger partial charge in [0.05, 0.1) is 24.7 Å². The van der Waals surface area contributed by atoms with Crippen LogP contribution in [0.5, 0.6) is 5.88 Å². The molecule has 1 aromatic heterocycles. The average Bonchev–Trinajstić information content (AvgIpc) is 2.37. The van der Waals surface area contributed by atoms with Crippen molar-refractivity contribution in [2.45, 2.75) is 33.0 Å². The smallest absolute Gasteiger partial charge is 0.229 e. The number of anilines is 1. The molecule has 1 unspecified atom stereocenters. The summed E-state index contributed by atoms with van der Waals surface area (Å²) in [6.45, 7) is 8.05. The zero-order chi connectivity index (χ0) is 13.8. The third-order valence-electron chi connectivity index (χ3n) is 2.77. The largest absolute Gasteiger partial charge is 0.475 e. The lowest BCUT2D eigenvalue weighted by Gasteiger charge is -2.32. The van der Waals surface area contributed by atoms with E-state index in [2.05, 4.69) is 14.9 Å². The van der Waals surface area contributed by atoms with Crippen molar-refractivity contribution in [3.63, 3.8) is 0 Å². The molecule has 0 aromatic carbocycles. The number of alkyl halides is 1. The van der Waals surface area contributed by atoms with Gasteiger partial charge in [0.15, 0.2) is 0 Å². The summed E-state index contributed by atoms with van der Waals surface area (Å²) < 4.78 is 11.2. The molecule has 1 fully saturated rings. The molecule has 0 aliphatic carbocycles. The molecule has 6 heteroatoms. The van der Waals surface area contributed by atoms with E-state index in [-0.39, 0.29) is 12.2 Å². The predicted octanol–water partition coefficient (Wildman–Crippen LogP) is 2.02. The maximum Gasteiger partial charge on any atom is 0.229 e. The Hall–Kier alpha value is -1.07. The van der Waals surface area contributed by atoms with Crippen LogP contribution >= 0.6 is 11.6 Å². The molecular formula is C13H20ClN3O2. The highest BCUT2D eigenvalue weighted by molar-refractivity contribution is 6.18. The van der Waals surface area contributed by atoms with E-state index < -0.39 is 0 Å². The van der Waals surface area contributed by atoms with Gasteiger partial charge in [0.1, 0.15) is 0 Å². The molecule has 2 rings (SSSR count). The first-order chi connectivity index (χ1) is 9.08. The Balaban J connectivity index is 2.16. The van der Waals surface area contributed by atoms with Crippen molar-refractivity contribution in [1.29, 1.82) is 0 Å². The molecule has 0 radical (unpaired) electrons. The molecule has 1 aromatic rings. The Morgan fingerprint density at radius 1 is 1.53 bits per heavy atom. The molecule has 0 bridgehead atoms. The highest BCUT2D eigenvalue weighted by Gasteiger charge is 2.22. The zero-order valence-corrected chi connectivity index (χ0v) is 12.4. The second-order valence-electron chi connectivity index (χ2n) is 4.91. The first kappa shape index (κ1) is 14.3. The van der Waals surface area contributed by atoms with Crippen LogP contribution in [0.4, 0.5) is 5.95 Å². The quantitative estimate of drug-likeness (QED) is 0.792. The lowest BCUT2D eigenvalue weighted by molar-refractivity contribution is 0.0547. The van der Waals surface area contributed by atoms with Crippen molar-refractivity contribution < 1.29 is 9.47 Å². The van der Waals surface area contributed by atoms with E-state index in [1.165, 1.54) is 0 Å². The number of nitrogens with zero attached hydrogens (tertiary/aromatic N) is 3. The van der Waals surface area contributed by atoms with Crippen LogP contribution in [0, 0.1) is 6.92 Å². The van der Waals surface area contributed by atoms with E-state index in [9.17, 15) is 0 Å². The summed E-state index contributed by atoms with van der Waals surface area (Å²) in [6, 6.07) is 1.85. The Labute approximate surface area is 118 Å². The SMILES string of the molecule is Cc1cc(OC(C)C)nc(N2CCOC(CCl)C2)n1. The number of morpholine rings is 1. The van der Waals surface area contributed by atoms with Gasteiger partial charge >= 0.3 is 0 Å². The standard InChI is InChI=1S/C13H20ClN3O2/c1-9(2)19-12-6-10(3)15-13(16-12)17-4-5-18-11(7-14)8-17/h6,9,11H,4-5,7-8H2,1-3H3. The summed E-state index contributed by atoms with van der Waals surface area (Å²) in [5, 5.41) is 0. The summed E-state index contributed by atoms with van der Waals surface area (Å²) in [5.74, 6) is 1.79. The van der Waals surface area contributed by atoms with Crippen molar-refractivity contribution >= 4 is 17.5 Å². The van der Waals surface area contributed by atoms with Gasteiger partial charge in [-0.05, 0) is 20.8 Å². The Bertz CT molecular complexity index is 428. The van der Waals surface area contributed by atoms with Crippen molar-refractivity contribution in [1.82, 2.24) is 9.97 Å². The van der Waals surface area contributed by atoms with Crippen molar-refractivity contribution in [3.8, 4) is 5.88 Å². The third kappa shape index (κ3) is 3.94. The number of halogens is 1. The van der Waals surface area contributed by atoms with Gasteiger partial charge in [-0.15, -0.1) is 11.6 Å². The van der Waals surface area contributed by atoms with Gasteiger partial charge in [-0.25, -0.2) is 4.98 Å². The molecule has 106 valence electrons. The zero-order valence-electron chi connectivity index (χ0n) is 11.6. The van der Waals surface area contributed by atoms with Crippen LogP contribution < -0.4 is 9.64 Å². The molecule has 1 atom stereocenters. The first-order valence-electron chi connectivity index (χ1n) is 6.53. The second kappa shape index (κ2) is 6.39. The molecule has 1 aliphatic rings. The molecule has 0 N–H and O–H groups in total. The second-order valence-corrected chi connectivity index (χ2v) is 5.22. The highest BCUT2D eigenvalue weighted by atomic mass is 35.5. The number of aryl methyl sites for hydroxylation is 1. The van der Waals surface area contributed by atoms with Gasteiger partial charge in [0, 0.05) is 24.8 Å². The minimum atomic E-state index is 0.0361. The number of aromatic nitrogens is 2. The summed E-state index contributed by atoms with van der Waals surface area (Å²) in [4.78, 5) is 11.0. The topological polar surface area (TPSA) is 47.5 Å². The molecule has 0 saturated carbocycles. The fourth-order valence-electron chi connectivity index (χ4n) is 1.96. The average molecular weight is 286 g/mol. The Kier molecular flexibility index (Phi) is 4.82. The van der Waals surface area contributed by atoms with Gasteiger partial charge in [-0.2, -0.15) is 4.98 Å². The van der Waals surface area contributed by atoms with Gasteiger partial charge in [0.2, 0.25) is 11.8 Å². The van der Waals surface area contributed by atoms with E-state index in [0.29, 0.717) is 30.9 Å². The van der Waals surface area contributed by atoms with Crippen LogP contribution in [-0.2, 0) is 4.74 Å². The van der Waals surface area contributed by atoms with Crippen molar-refractivity contribution in [2.75, 3.05) is 30.5 Å². The maximum atomic E-state index is 5.85. The van der Waals surface area contributed by atoms with E-state index >= 15 is 0 Å². The van der Waals surface area contributed by atoms with Crippen molar-refractivity contribution in [3.05, 3.63) is 11.8 Å². The van der Waals surface area contributed by atoms with Crippen LogP contribution in [0.15, 0.2) is 6.07 Å². The van der Waals surface area contributed by atoms with Crippen molar-refractivity contribution in [2.24, 2.45) is 0 Å². The number of hydrogen-bond acceptors (Lipinski definition) is 5. The Morgan fingerprint density at radius 2 is 2.32 bits per heavy atom. The fraction of sp³-hybridized carbons (Fsp3) is 0.692. The van der Waals surface area contributed by atoms with E-state index in [1.54, 1.807) is 0 Å². The maximum absolute atomic E-state index is 5.85. The minimum absolute atomic E-state index is 0.0361. The van der Waals surface area contributed by atoms with Gasteiger partial charge in [-0.1, -0.05) is 0 Å². The van der Waals surface area contributed by atoms with Crippen LogP contribution in [0.3, 0.4) is 0 Å². The van der Waals surface area contributed by atoms with Gasteiger partial charge < -0.3 is 14.4 Å². The molecule has 0 spiro atoms. The van der Waals surface area contributed by atoms with Gasteiger partial charge in [-0.3, -0.25) is 0 Å². The summed E-state index contributed by atoms with van der Waals surface area (Å²) in [5.41, 5.74) is 0.898. The van der Waals surface area contributed by atoms with E-state index in [0.717, 1.165) is 12.2 Å². The van der Waals surface area contributed by atoms with Crippen LogP contribution in [0.2, 0.25) is 0 Å². The Morgan fingerprint density at radius 3 is 3.00 bits per heavy atom. The third-order valence-corrected chi connectivity index (χ3v) is 3.11. The monoisotopic (exact) mass is 285 g/mol. The summed E-state index contributed by atoms with van der Waals surface area (Å²) in [7, 11) is 0. The minimum Gasteiger partial charge on any atom is -0.475 e. The molecule has 0 amide bonds. The molecule has 1 aliphatic heterocycles. The molecule has 1 saturated heterocycles. The molecule has 2 heterocycles. The van der Waals surface area contributed by atoms with Gasteiger partial charge in [0.25, 0.3) is 0 Å². The summed E-state index contributed by atoms with van der Waals surface area (Å²) >= 11 is 5.85.